The standard InChI is InChI=1S/C18H20N2O/c1-21-14-8-6-13(7-9-14)20-17-4-2-3-15(17)16-11-12(19)5-10-18(16)20/h5-11,15,17H,2-4,19H2,1H3. The Morgan fingerprint density at radius 3 is 2.67 bits per heavy atom. The van der Waals surface area contributed by atoms with Gasteiger partial charge in [-0.2, -0.15) is 0 Å². The second-order valence-corrected chi connectivity index (χ2v) is 5.99. The molecule has 1 aliphatic heterocycles. The predicted molar refractivity (Wildman–Crippen MR) is 86.4 cm³/mol. The van der Waals surface area contributed by atoms with Crippen LogP contribution < -0.4 is 15.4 Å². The average Bonchev–Trinajstić information content (AvgIpc) is 3.08. The largest absolute Gasteiger partial charge is 0.497 e. The van der Waals surface area contributed by atoms with Crippen molar-refractivity contribution < 1.29 is 4.74 Å². The number of methoxy groups -OCH3 is 1. The summed E-state index contributed by atoms with van der Waals surface area (Å²) in [6.45, 7) is 0. The minimum Gasteiger partial charge on any atom is -0.497 e. The summed E-state index contributed by atoms with van der Waals surface area (Å²) >= 11 is 0. The highest BCUT2D eigenvalue weighted by Gasteiger charge is 2.41. The molecule has 21 heavy (non-hydrogen) atoms. The molecule has 3 nitrogen and oxygen atoms in total. The SMILES string of the molecule is COc1ccc(N2c3ccc(N)cc3C3CCCC32)cc1. The van der Waals surface area contributed by atoms with E-state index in [2.05, 4.69) is 29.2 Å². The van der Waals surface area contributed by atoms with Gasteiger partial charge in [-0.15, -0.1) is 0 Å². The highest BCUT2D eigenvalue weighted by molar-refractivity contribution is 5.75. The van der Waals surface area contributed by atoms with Crippen LogP contribution in [0.4, 0.5) is 17.1 Å². The lowest BCUT2D eigenvalue weighted by molar-refractivity contribution is 0.415. The molecule has 2 aliphatic rings. The molecule has 0 amide bonds. The second-order valence-electron chi connectivity index (χ2n) is 5.99. The maximum atomic E-state index is 6.00. The van der Waals surface area contributed by atoms with E-state index in [0.717, 1.165) is 11.4 Å². The lowest BCUT2D eigenvalue weighted by Crippen LogP contribution is -2.26. The molecule has 2 aromatic rings. The van der Waals surface area contributed by atoms with Gasteiger partial charge in [-0.1, -0.05) is 6.42 Å². The minimum absolute atomic E-state index is 0.579. The lowest BCUT2D eigenvalue weighted by Gasteiger charge is -2.27. The van der Waals surface area contributed by atoms with Crippen LogP contribution in [0.3, 0.4) is 0 Å². The topological polar surface area (TPSA) is 38.5 Å². The molecule has 1 saturated carbocycles. The summed E-state index contributed by atoms with van der Waals surface area (Å²) in [6.07, 6.45) is 3.83. The van der Waals surface area contributed by atoms with Gasteiger partial charge in [0.1, 0.15) is 5.75 Å². The maximum Gasteiger partial charge on any atom is 0.119 e. The Hall–Kier alpha value is -2.16. The van der Waals surface area contributed by atoms with Gasteiger partial charge < -0.3 is 15.4 Å². The molecular formula is C18H20N2O. The average molecular weight is 280 g/mol. The van der Waals surface area contributed by atoms with Crippen LogP contribution in [0.2, 0.25) is 0 Å². The summed E-state index contributed by atoms with van der Waals surface area (Å²) in [5.41, 5.74) is 10.9. The van der Waals surface area contributed by atoms with E-state index in [4.69, 9.17) is 10.5 Å². The Labute approximate surface area is 125 Å². The second kappa shape index (κ2) is 4.69. The van der Waals surface area contributed by atoms with E-state index in [1.165, 1.54) is 36.2 Å². The Morgan fingerprint density at radius 1 is 1.10 bits per heavy atom. The van der Waals surface area contributed by atoms with Crippen molar-refractivity contribution in [3.8, 4) is 5.75 Å². The zero-order valence-corrected chi connectivity index (χ0v) is 12.3. The molecule has 2 unspecified atom stereocenters. The molecule has 1 heterocycles. The number of nitrogens with zero attached hydrogens (tertiary/aromatic N) is 1. The molecule has 4 rings (SSSR count). The van der Waals surface area contributed by atoms with E-state index in [-0.39, 0.29) is 0 Å². The molecule has 108 valence electrons. The fourth-order valence-electron chi connectivity index (χ4n) is 3.95. The highest BCUT2D eigenvalue weighted by Crippen LogP contribution is 2.52. The summed E-state index contributed by atoms with van der Waals surface area (Å²) < 4.78 is 5.27. The number of anilines is 3. The molecule has 3 heteroatoms. The quantitative estimate of drug-likeness (QED) is 0.843. The van der Waals surface area contributed by atoms with Crippen LogP contribution >= 0.6 is 0 Å². The number of hydrogen-bond donors (Lipinski definition) is 1. The van der Waals surface area contributed by atoms with Crippen LogP contribution in [-0.2, 0) is 0 Å². The summed E-state index contributed by atoms with van der Waals surface area (Å²) in [5, 5.41) is 0. The van der Waals surface area contributed by atoms with Gasteiger partial charge in [0.15, 0.2) is 0 Å². The third-order valence-electron chi connectivity index (χ3n) is 4.87. The molecule has 0 aromatic heterocycles. The van der Waals surface area contributed by atoms with E-state index in [9.17, 15) is 0 Å². The predicted octanol–water partition coefficient (Wildman–Crippen LogP) is 4.07. The monoisotopic (exact) mass is 280 g/mol. The van der Waals surface area contributed by atoms with Crippen molar-refractivity contribution in [3.63, 3.8) is 0 Å². The number of ether oxygens (including phenoxy) is 1. The molecule has 0 radical (unpaired) electrons. The van der Waals surface area contributed by atoms with E-state index in [0.29, 0.717) is 12.0 Å². The van der Waals surface area contributed by atoms with E-state index >= 15 is 0 Å². The van der Waals surface area contributed by atoms with Gasteiger partial charge in [-0.3, -0.25) is 0 Å². The molecule has 2 atom stereocenters. The Balaban J connectivity index is 1.80. The van der Waals surface area contributed by atoms with Crippen LogP contribution in [0.1, 0.15) is 30.7 Å². The fraction of sp³-hybridized carbons (Fsp3) is 0.333. The normalized spacial score (nSPS) is 23.0. The van der Waals surface area contributed by atoms with Crippen LogP contribution in [0.25, 0.3) is 0 Å². The fourth-order valence-corrected chi connectivity index (χ4v) is 3.95. The Morgan fingerprint density at radius 2 is 1.90 bits per heavy atom. The third kappa shape index (κ3) is 1.88. The van der Waals surface area contributed by atoms with Gasteiger partial charge in [0.05, 0.1) is 7.11 Å². The molecule has 0 saturated heterocycles. The zero-order chi connectivity index (χ0) is 14.4. The molecular weight excluding hydrogens is 260 g/mol. The summed E-state index contributed by atoms with van der Waals surface area (Å²) in [7, 11) is 1.70. The maximum absolute atomic E-state index is 6.00. The summed E-state index contributed by atoms with van der Waals surface area (Å²) in [6, 6.07) is 15.3. The number of nitrogen functional groups attached to an aromatic ring is 1. The number of hydrogen-bond acceptors (Lipinski definition) is 3. The van der Waals surface area contributed by atoms with Crippen LogP contribution in [0.5, 0.6) is 5.75 Å². The molecule has 0 spiro atoms. The van der Waals surface area contributed by atoms with Crippen molar-refractivity contribution in [2.24, 2.45) is 0 Å². The highest BCUT2D eigenvalue weighted by atomic mass is 16.5. The van der Waals surface area contributed by atoms with Crippen LogP contribution in [0, 0.1) is 0 Å². The molecule has 2 aromatic carbocycles. The van der Waals surface area contributed by atoms with Gasteiger partial charge in [0.25, 0.3) is 0 Å². The number of rotatable bonds is 2. The van der Waals surface area contributed by atoms with Crippen molar-refractivity contribution in [2.75, 3.05) is 17.7 Å². The number of nitrogens with two attached hydrogens (primary N) is 1. The zero-order valence-electron chi connectivity index (χ0n) is 12.3. The van der Waals surface area contributed by atoms with Gasteiger partial charge in [-0.25, -0.2) is 0 Å². The minimum atomic E-state index is 0.579. The Kier molecular flexibility index (Phi) is 2.81. The first-order valence-corrected chi connectivity index (χ1v) is 7.60. The summed E-state index contributed by atoms with van der Waals surface area (Å²) in [5.74, 6) is 1.53. The van der Waals surface area contributed by atoms with Crippen molar-refractivity contribution in [1.29, 1.82) is 0 Å². The first kappa shape index (κ1) is 12.6. The van der Waals surface area contributed by atoms with Gasteiger partial charge in [0.2, 0.25) is 0 Å². The molecule has 1 fully saturated rings. The van der Waals surface area contributed by atoms with Crippen molar-refractivity contribution >= 4 is 17.1 Å². The van der Waals surface area contributed by atoms with Gasteiger partial charge in [0, 0.05) is 29.0 Å². The van der Waals surface area contributed by atoms with Crippen molar-refractivity contribution in [1.82, 2.24) is 0 Å². The van der Waals surface area contributed by atoms with E-state index in [1.807, 2.05) is 18.2 Å². The lowest BCUT2D eigenvalue weighted by atomic mass is 9.97. The van der Waals surface area contributed by atoms with E-state index in [1.54, 1.807) is 7.11 Å². The number of fused-ring (bicyclic) bond motifs is 3. The first-order chi connectivity index (χ1) is 10.3. The van der Waals surface area contributed by atoms with E-state index < -0.39 is 0 Å². The smallest absolute Gasteiger partial charge is 0.119 e. The molecule has 2 N–H and O–H groups in total. The molecule has 1 aliphatic carbocycles. The van der Waals surface area contributed by atoms with Gasteiger partial charge >= 0.3 is 0 Å². The van der Waals surface area contributed by atoms with Gasteiger partial charge in [-0.05, 0) is 60.9 Å². The van der Waals surface area contributed by atoms with Crippen LogP contribution in [0.15, 0.2) is 42.5 Å². The molecule has 0 bridgehead atoms. The van der Waals surface area contributed by atoms with Crippen molar-refractivity contribution in [3.05, 3.63) is 48.0 Å². The third-order valence-corrected chi connectivity index (χ3v) is 4.87. The summed E-state index contributed by atoms with van der Waals surface area (Å²) in [4.78, 5) is 2.49. The number of benzene rings is 2. The first-order valence-electron chi connectivity index (χ1n) is 7.60. The van der Waals surface area contributed by atoms with Crippen molar-refractivity contribution in [2.45, 2.75) is 31.2 Å². The Bertz CT molecular complexity index is 665. The van der Waals surface area contributed by atoms with Crippen LogP contribution in [-0.4, -0.2) is 13.2 Å².